The minimum Gasteiger partial charge on any atom is -0.255 e. The highest BCUT2D eigenvalue weighted by Crippen LogP contribution is 2.33. The third kappa shape index (κ3) is 2.48. The summed E-state index contributed by atoms with van der Waals surface area (Å²) in [7, 11) is -2.26. The van der Waals surface area contributed by atoms with E-state index in [4.69, 9.17) is 11.6 Å². The van der Waals surface area contributed by atoms with E-state index in [1.165, 1.54) is 7.05 Å². The van der Waals surface area contributed by atoms with E-state index in [1.54, 1.807) is 0 Å². The van der Waals surface area contributed by atoms with E-state index in [2.05, 4.69) is 5.10 Å². The Morgan fingerprint density at radius 3 is 2.47 bits per heavy atom. The summed E-state index contributed by atoms with van der Waals surface area (Å²) in [4.78, 5) is 0. The van der Waals surface area contributed by atoms with E-state index in [1.807, 2.05) is 0 Å². The number of rotatable bonds is 2. The predicted octanol–water partition coefficient (Wildman–Crippen LogP) is 2.42. The monoisotopic (exact) mass is 306 g/mol. The van der Waals surface area contributed by atoms with Crippen molar-refractivity contribution in [3.05, 3.63) is 34.9 Å². The van der Waals surface area contributed by atoms with E-state index in [0.717, 1.165) is 29.1 Å². The number of nitrogens with zero attached hydrogens (tertiary/aromatic N) is 2. The second-order valence-corrected chi connectivity index (χ2v) is 6.30. The van der Waals surface area contributed by atoms with Gasteiger partial charge in [-0.2, -0.15) is 5.10 Å². The molecule has 0 fully saturated rings. The standard InChI is InChI=1S/C11H9ClF2N2O2S/c1-16-11(19(2,17)18)9(12)10(15-16)7-5-6(13)3-4-8(7)14/h3-5H,1-2H3. The summed E-state index contributed by atoms with van der Waals surface area (Å²) in [5, 5.41) is 3.38. The van der Waals surface area contributed by atoms with Gasteiger partial charge in [0, 0.05) is 18.9 Å². The van der Waals surface area contributed by atoms with Gasteiger partial charge in [0.2, 0.25) is 0 Å². The van der Waals surface area contributed by atoms with Gasteiger partial charge in [-0.25, -0.2) is 17.2 Å². The van der Waals surface area contributed by atoms with Gasteiger partial charge in [-0.1, -0.05) is 11.6 Å². The summed E-state index contributed by atoms with van der Waals surface area (Å²) in [6.45, 7) is 0. The lowest BCUT2D eigenvalue weighted by Crippen LogP contribution is -2.05. The Morgan fingerprint density at radius 1 is 1.32 bits per heavy atom. The van der Waals surface area contributed by atoms with Gasteiger partial charge in [0.05, 0.1) is 0 Å². The topological polar surface area (TPSA) is 52.0 Å². The molecule has 0 amide bonds. The molecule has 2 rings (SSSR count). The molecule has 4 nitrogen and oxygen atoms in total. The van der Waals surface area contributed by atoms with Crippen LogP contribution < -0.4 is 0 Å². The van der Waals surface area contributed by atoms with Crippen molar-refractivity contribution in [2.75, 3.05) is 6.26 Å². The van der Waals surface area contributed by atoms with E-state index in [0.29, 0.717) is 0 Å². The highest BCUT2D eigenvalue weighted by Gasteiger charge is 2.24. The maximum atomic E-state index is 13.6. The fraction of sp³-hybridized carbons (Fsp3) is 0.182. The number of hydrogen-bond acceptors (Lipinski definition) is 3. The molecule has 1 aromatic carbocycles. The smallest absolute Gasteiger partial charge is 0.193 e. The molecular formula is C11H9ClF2N2O2S. The van der Waals surface area contributed by atoms with Crippen LogP contribution in [-0.2, 0) is 16.9 Å². The van der Waals surface area contributed by atoms with Crippen molar-refractivity contribution in [1.29, 1.82) is 0 Å². The molecule has 0 saturated heterocycles. The van der Waals surface area contributed by atoms with Gasteiger partial charge in [0.1, 0.15) is 22.4 Å². The van der Waals surface area contributed by atoms with Crippen LogP contribution in [0.4, 0.5) is 8.78 Å². The van der Waals surface area contributed by atoms with Crippen molar-refractivity contribution in [1.82, 2.24) is 9.78 Å². The van der Waals surface area contributed by atoms with Crippen LogP contribution in [0.1, 0.15) is 0 Å². The Kier molecular flexibility index (Phi) is 3.36. The van der Waals surface area contributed by atoms with Gasteiger partial charge in [-0.15, -0.1) is 0 Å². The van der Waals surface area contributed by atoms with Gasteiger partial charge >= 0.3 is 0 Å². The highest BCUT2D eigenvalue weighted by molar-refractivity contribution is 7.90. The molecular weight excluding hydrogens is 298 g/mol. The summed E-state index contributed by atoms with van der Waals surface area (Å²) in [5.74, 6) is -1.40. The normalized spacial score (nSPS) is 11.8. The zero-order chi connectivity index (χ0) is 14.4. The fourth-order valence-electron chi connectivity index (χ4n) is 1.74. The van der Waals surface area contributed by atoms with E-state index >= 15 is 0 Å². The first-order chi connectivity index (χ1) is 8.71. The van der Waals surface area contributed by atoms with Crippen LogP contribution in [0.2, 0.25) is 5.02 Å². The van der Waals surface area contributed by atoms with Crippen molar-refractivity contribution in [2.45, 2.75) is 5.03 Å². The van der Waals surface area contributed by atoms with Gasteiger partial charge in [0.15, 0.2) is 14.9 Å². The highest BCUT2D eigenvalue weighted by atomic mass is 35.5. The minimum absolute atomic E-state index is 0.110. The Hall–Kier alpha value is -1.47. The Bertz CT molecular complexity index is 756. The van der Waals surface area contributed by atoms with Crippen LogP contribution in [0.3, 0.4) is 0 Å². The summed E-state index contributed by atoms with van der Waals surface area (Å²) in [6.07, 6.45) is 0.960. The molecule has 0 saturated carbocycles. The Balaban J connectivity index is 2.75. The van der Waals surface area contributed by atoms with E-state index in [-0.39, 0.29) is 21.3 Å². The molecule has 1 heterocycles. The lowest BCUT2D eigenvalue weighted by atomic mass is 10.1. The van der Waals surface area contributed by atoms with Gasteiger partial charge in [-0.3, -0.25) is 4.68 Å². The van der Waals surface area contributed by atoms with E-state index in [9.17, 15) is 17.2 Å². The third-order valence-corrected chi connectivity index (χ3v) is 4.12. The second kappa shape index (κ2) is 4.57. The average Bonchev–Trinajstić information content (AvgIpc) is 2.57. The van der Waals surface area contributed by atoms with Crippen LogP contribution in [0.15, 0.2) is 23.2 Å². The van der Waals surface area contributed by atoms with Crippen molar-refractivity contribution < 1.29 is 17.2 Å². The largest absolute Gasteiger partial charge is 0.255 e. The van der Waals surface area contributed by atoms with Gasteiger partial charge < -0.3 is 0 Å². The molecule has 2 aromatic rings. The zero-order valence-corrected chi connectivity index (χ0v) is 11.6. The van der Waals surface area contributed by atoms with Crippen LogP contribution in [0.5, 0.6) is 0 Å². The molecule has 0 aliphatic heterocycles. The SMILES string of the molecule is Cn1nc(-c2cc(F)ccc2F)c(Cl)c1S(C)(=O)=O. The first-order valence-corrected chi connectivity index (χ1v) is 7.36. The maximum Gasteiger partial charge on any atom is 0.193 e. The molecule has 102 valence electrons. The average molecular weight is 307 g/mol. The lowest BCUT2D eigenvalue weighted by Gasteiger charge is -2.00. The molecule has 8 heteroatoms. The Labute approximate surface area is 113 Å². The zero-order valence-electron chi connectivity index (χ0n) is 9.99. The number of benzene rings is 1. The molecule has 0 atom stereocenters. The van der Waals surface area contributed by atoms with Crippen molar-refractivity contribution in [2.24, 2.45) is 7.05 Å². The van der Waals surface area contributed by atoms with Crippen molar-refractivity contribution in [3.63, 3.8) is 0 Å². The lowest BCUT2D eigenvalue weighted by molar-refractivity contribution is 0.582. The minimum atomic E-state index is -3.62. The van der Waals surface area contributed by atoms with Crippen molar-refractivity contribution in [3.8, 4) is 11.3 Å². The fourth-order valence-corrected chi connectivity index (χ4v) is 3.36. The first-order valence-electron chi connectivity index (χ1n) is 5.10. The first kappa shape index (κ1) is 14.0. The predicted molar refractivity (Wildman–Crippen MR) is 66.7 cm³/mol. The van der Waals surface area contributed by atoms with Crippen LogP contribution in [-0.4, -0.2) is 24.5 Å². The molecule has 0 spiro atoms. The molecule has 0 N–H and O–H groups in total. The second-order valence-electron chi connectivity index (χ2n) is 3.99. The van der Waals surface area contributed by atoms with Crippen LogP contribution >= 0.6 is 11.6 Å². The summed E-state index contributed by atoms with van der Waals surface area (Å²) < 4.78 is 50.9. The molecule has 0 aliphatic carbocycles. The Morgan fingerprint density at radius 2 is 1.95 bits per heavy atom. The third-order valence-electron chi connectivity index (χ3n) is 2.47. The van der Waals surface area contributed by atoms with E-state index < -0.39 is 21.5 Å². The number of aromatic nitrogens is 2. The molecule has 0 aliphatic rings. The summed E-state index contributed by atoms with van der Waals surface area (Å²) in [6, 6.07) is 2.79. The number of aryl methyl sites for hydroxylation is 1. The summed E-state index contributed by atoms with van der Waals surface area (Å²) in [5.41, 5.74) is -0.294. The molecule has 0 unspecified atom stereocenters. The van der Waals surface area contributed by atoms with Gasteiger partial charge in [0.25, 0.3) is 0 Å². The molecule has 0 bridgehead atoms. The number of hydrogen-bond donors (Lipinski definition) is 0. The van der Waals surface area contributed by atoms with Gasteiger partial charge in [-0.05, 0) is 18.2 Å². The quantitative estimate of drug-likeness (QED) is 0.856. The number of halogens is 3. The maximum absolute atomic E-state index is 13.6. The summed E-state index contributed by atoms with van der Waals surface area (Å²) >= 11 is 5.92. The number of sulfone groups is 1. The van der Waals surface area contributed by atoms with Crippen molar-refractivity contribution >= 4 is 21.4 Å². The van der Waals surface area contributed by atoms with Crippen LogP contribution in [0, 0.1) is 11.6 Å². The molecule has 0 radical (unpaired) electrons. The molecule has 19 heavy (non-hydrogen) atoms. The molecule has 1 aromatic heterocycles. The van der Waals surface area contributed by atoms with Crippen LogP contribution in [0.25, 0.3) is 11.3 Å².